The van der Waals surface area contributed by atoms with E-state index in [1.54, 1.807) is 7.11 Å². The van der Waals surface area contributed by atoms with Crippen molar-refractivity contribution in [3.05, 3.63) is 24.3 Å². The predicted octanol–water partition coefficient (Wildman–Crippen LogP) is 3.87. The Morgan fingerprint density at radius 2 is 1.91 bits per heavy atom. The van der Waals surface area contributed by atoms with Crippen LogP contribution < -0.4 is 10.6 Å². The Morgan fingerprint density at radius 1 is 1.27 bits per heavy atom. The van der Waals surface area contributed by atoms with E-state index < -0.39 is 11.7 Å². The molecule has 2 N–H and O–H groups in total. The summed E-state index contributed by atoms with van der Waals surface area (Å²) in [7, 11) is 1.71. The van der Waals surface area contributed by atoms with Gasteiger partial charge in [0, 0.05) is 7.11 Å². The number of para-hydroxylation sites is 2. The molecule has 1 atom stereocenters. The highest BCUT2D eigenvalue weighted by Gasteiger charge is 2.31. The molecule has 1 aromatic rings. The zero-order valence-corrected chi connectivity index (χ0v) is 13.8. The van der Waals surface area contributed by atoms with E-state index in [0.29, 0.717) is 12.5 Å². The van der Waals surface area contributed by atoms with Gasteiger partial charge in [-0.1, -0.05) is 12.1 Å². The summed E-state index contributed by atoms with van der Waals surface area (Å²) in [5.74, 6) is 0.648. The van der Waals surface area contributed by atoms with Crippen LogP contribution in [-0.4, -0.2) is 31.5 Å². The largest absolute Gasteiger partial charge is 0.444 e. The molecule has 1 aromatic carbocycles. The van der Waals surface area contributed by atoms with E-state index in [4.69, 9.17) is 9.47 Å². The Morgan fingerprint density at radius 3 is 2.45 bits per heavy atom. The molecule has 5 heteroatoms. The third-order valence-electron chi connectivity index (χ3n) is 3.44. The molecule has 1 unspecified atom stereocenters. The zero-order chi connectivity index (χ0) is 16.2. The van der Waals surface area contributed by atoms with Gasteiger partial charge in [-0.3, -0.25) is 5.32 Å². The first-order valence-corrected chi connectivity index (χ1v) is 7.73. The van der Waals surface area contributed by atoms with Crippen LogP contribution in [0.3, 0.4) is 0 Å². The van der Waals surface area contributed by atoms with E-state index in [9.17, 15) is 4.79 Å². The van der Waals surface area contributed by atoms with Crippen LogP contribution in [0, 0.1) is 5.92 Å². The van der Waals surface area contributed by atoms with Crippen molar-refractivity contribution in [1.29, 1.82) is 0 Å². The predicted molar refractivity (Wildman–Crippen MR) is 88.3 cm³/mol. The standard InChI is InChI=1S/C17H26N2O3/c1-17(2,3)22-16(20)19-14-8-6-5-7-13(14)18-15(11-21-4)12-9-10-12/h5-8,12,15,18H,9-11H2,1-4H3,(H,19,20). The zero-order valence-electron chi connectivity index (χ0n) is 13.8. The topological polar surface area (TPSA) is 59.6 Å². The molecule has 0 radical (unpaired) electrons. The summed E-state index contributed by atoms with van der Waals surface area (Å²) in [5, 5.41) is 6.29. The van der Waals surface area contributed by atoms with Crippen molar-refractivity contribution in [2.75, 3.05) is 24.4 Å². The van der Waals surface area contributed by atoms with Crippen molar-refractivity contribution in [2.45, 2.75) is 45.3 Å². The van der Waals surface area contributed by atoms with Crippen LogP contribution in [0.4, 0.5) is 16.2 Å². The first kappa shape index (κ1) is 16.6. The molecular formula is C17H26N2O3. The lowest BCUT2D eigenvalue weighted by Gasteiger charge is -2.23. The van der Waals surface area contributed by atoms with Crippen LogP contribution in [0.15, 0.2) is 24.3 Å². The molecule has 0 spiro atoms. The smallest absolute Gasteiger partial charge is 0.412 e. The van der Waals surface area contributed by atoms with Crippen molar-refractivity contribution >= 4 is 17.5 Å². The van der Waals surface area contributed by atoms with Crippen LogP contribution >= 0.6 is 0 Å². The van der Waals surface area contributed by atoms with Crippen molar-refractivity contribution in [3.63, 3.8) is 0 Å². The van der Waals surface area contributed by atoms with Crippen LogP contribution in [0.1, 0.15) is 33.6 Å². The normalized spacial score (nSPS) is 16.0. The summed E-state index contributed by atoms with van der Waals surface area (Å²) in [6, 6.07) is 7.92. The van der Waals surface area contributed by atoms with Crippen molar-refractivity contribution in [1.82, 2.24) is 0 Å². The highest BCUT2D eigenvalue weighted by Crippen LogP contribution is 2.35. The number of methoxy groups -OCH3 is 1. The van der Waals surface area contributed by atoms with Crippen molar-refractivity contribution in [2.24, 2.45) is 5.92 Å². The Balaban J connectivity index is 2.04. The van der Waals surface area contributed by atoms with E-state index in [1.807, 2.05) is 45.0 Å². The Kier molecular flexibility index (Phi) is 5.29. The summed E-state index contributed by atoms with van der Waals surface area (Å²) in [5.41, 5.74) is 1.10. The highest BCUT2D eigenvalue weighted by atomic mass is 16.6. The molecule has 1 aliphatic rings. The number of amides is 1. The van der Waals surface area contributed by atoms with Gasteiger partial charge in [-0.15, -0.1) is 0 Å². The van der Waals surface area contributed by atoms with E-state index in [2.05, 4.69) is 10.6 Å². The number of carbonyl (C=O) groups is 1. The molecule has 1 saturated carbocycles. The average Bonchev–Trinajstić information content (AvgIpc) is 3.22. The SMILES string of the molecule is COCC(Nc1ccccc1NC(=O)OC(C)(C)C)C1CC1. The number of benzene rings is 1. The van der Waals surface area contributed by atoms with Crippen LogP contribution in [0.25, 0.3) is 0 Å². The Hall–Kier alpha value is -1.75. The van der Waals surface area contributed by atoms with Gasteiger partial charge in [0.15, 0.2) is 0 Å². The molecule has 0 bridgehead atoms. The second kappa shape index (κ2) is 7.01. The Bertz CT molecular complexity index is 507. The summed E-state index contributed by atoms with van der Waals surface area (Å²) in [6.45, 7) is 6.20. The van der Waals surface area contributed by atoms with Gasteiger partial charge < -0.3 is 14.8 Å². The number of anilines is 2. The molecular weight excluding hydrogens is 280 g/mol. The third kappa shape index (κ3) is 5.22. The molecule has 5 nitrogen and oxygen atoms in total. The quantitative estimate of drug-likeness (QED) is 0.837. The average molecular weight is 306 g/mol. The minimum Gasteiger partial charge on any atom is -0.444 e. The summed E-state index contributed by atoms with van der Waals surface area (Å²) in [4.78, 5) is 12.0. The molecule has 0 aliphatic heterocycles. The van der Waals surface area contributed by atoms with Gasteiger partial charge in [0.05, 0.1) is 24.0 Å². The third-order valence-corrected chi connectivity index (χ3v) is 3.44. The first-order valence-electron chi connectivity index (χ1n) is 7.73. The van der Waals surface area contributed by atoms with E-state index in [-0.39, 0.29) is 6.04 Å². The van der Waals surface area contributed by atoms with E-state index in [1.165, 1.54) is 12.8 Å². The number of hydrogen-bond acceptors (Lipinski definition) is 4. The maximum atomic E-state index is 12.0. The second-order valence-corrected chi connectivity index (χ2v) is 6.72. The Labute approximate surface area is 132 Å². The second-order valence-electron chi connectivity index (χ2n) is 6.72. The molecule has 0 aromatic heterocycles. The highest BCUT2D eigenvalue weighted by molar-refractivity contribution is 5.89. The van der Waals surface area contributed by atoms with Crippen molar-refractivity contribution in [3.8, 4) is 0 Å². The molecule has 1 aliphatic carbocycles. The number of nitrogens with one attached hydrogen (secondary N) is 2. The number of carbonyl (C=O) groups excluding carboxylic acids is 1. The monoisotopic (exact) mass is 306 g/mol. The minimum absolute atomic E-state index is 0.270. The van der Waals surface area contributed by atoms with Crippen LogP contribution in [0.5, 0.6) is 0 Å². The molecule has 22 heavy (non-hydrogen) atoms. The summed E-state index contributed by atoms with van der Waals surface area (Å²) >= 11 is 0. The molecule has 0 heterocycles. The number of rotatable bonds is 6. The molecule has 122 valence electrons. The van der Waals surface area contributed by atoms with E-state index >= 15 is 0 Å². The fourth-order valence-electron chi connectivity index (χ4n) is 2.31. The van der Waals surface area contributed by atoms with Gasteiger partial charge in [0.1, 0.15) is 5.60 Å². The molecule has 1 amide bonds. The fourth-order valence-corrected chi connectivity index (χ4v) is 2.31. The van der Waals surface area contributed by atoms with Gasteiger partial charge in [-0.25, -0.2) is 4.79 Å². The lowest BCUT2D eigenvalue weighted by atomic mass is 10.1. The number of hydrogen-bond donors (Lipinski definition) is 2. The number of ether oxygens (including phenoxy) is 2. The molecule has 1 fully saturated rings. The maximum Gasteiger partial charge on any atom is 0.412 e. The maximum absolute atomic E-state index is 12.0. The van der Waals surface area contributed by atoms with Gasteiger partial charge >= 0.3 is 6.09 Å². The molecule has 0 saturated heterocycles. The van der Waals surface area contributed by atoms with Gasteiger partial charge in [0.25, 0.3) is 0 Å². The van der Waals surface area contributed by atoms with Gasteiger partial charge in [0.2, 0.25) is 0 Å². The van der Waals surface area contributed by atoms with Crippen LogP contribution in [0.2, 0.25) is 0 Å². The minimum atomic E-state index is -0.515. The van der Waals surface area contributed by atoms with Gasteiger partial charge in [-0.2, -0.15) is 0 Å². The summed E-state index contributed by atoms with van der Waals surface area (Å²) < 4.78 is 10.6. The molecule has 2 rings (SSSR count). The first-order chi connectivity index (χ1) is 10.4. The fraction of sp³-hybridized carbons (Fsp3) is 0.588. The lowest BCUT2D eigenvalue weighted by molar-refractivity contribution is 0.0636. The summed E-state index contributed by atoms with van der Waals surface area (Å²) in [6.07, 6.45) is 2.00. The lowest BCUT2D eigenvalue weighted by Crippen LogP contribution is -2.29. The van der Waals surface area contributed by atoms with Crippen molar-refractivity contribution < 1.29 is 14.3 Å². The van der Waals surface area contributed by atoms with E-state index in [0.717, 1.165) is 11.4 Å². The van der Waals surface area contributed by atoms with Crippen LogP contribution in [-0.2, 0) is 9.47 Å². The van der Waals surface area contributed by atoms with Gasteiger partial charge in [-0.05, 0) is 51.7 Å².